The van der Waals surface area contributed by atoms with E-state index < -0.39 is 0 Å². The first kappa shape index (κ1) is 7.56. The maximum Gasteiger partial charge on any atom is 0.0555 e. The molecule has 1 saturated heterocycles. The Morgan fingerprint density at radius 3 is 3.00 bits per heavy atom. The molecule has 0 radical (unpaired) electrons. The van der Waals surface area contributed by atoms with Gasteiger partial charge in [-0.2, -0.15) is 0 Å². The number of piperidine rings is 1. The number of nitrogens with one attached hydrogen (secondary N) is 1. The predicted molar refractivity (Wildman–Crippen MR) is 44.4 cm³/mol. The molecule has 2 rings (SSSR count). The molecule has 2 heteroatoms. The van der Waals surface area contributed by atoms with Gasteiger partial charge in [-0.25, -0.2) is 0 Å². The summed E-state index contributed by atoms with van der Waals surface area (Å²) in [5.41, 5.74) is 0. The van der Waals surface area contributed by atoms with Gasteiger partial charge in [-0.3, -0.25) is 0 Å². The van der Waals surface area contributed by atoms with Crippen LogP contribution in [0.2, 0.25) is 0 Å². The van der Waals surface area contributed by atoms with Crippen molar-refractivity contribution < 1.29 is 5.11 Å². The number of aliphatic hydroxyl groups is 1. The lowest BCUT2D eigenvalue weighted by molar-refractivity contribution is 0.0711. The lowest BCUT2D eigenvalue weighted by Crippen LogP contribution is -2.46. The summed E-state index contributed by atoms with van der Waals surface area (Å²) in [5, 5.41) is 12.9. The molecule has 2 aliphatic rings. The molecule has 0 aromatic rings. The fraction of sp³-hybridized carbons (Fsp3) is 1.00. The minimum atomic E-state index is -0.0261. The van der Waals surface area contributed by atoms with Crippen molar-refractivity contribution >= 4 is 0 Å². The molecule has 1 aliphatic carbocycles. The molecule has 2 N–H and O–H groups in total. The molecule has 64 valence electrons. The minimum absolute atomic E-state index is 0.0261. The van der Waals surface area contributed by atoms with E-state index in [0.29, 0.717) is 6.04 Å². The highest BCUT2D eigenvalue weighted by molar-refractivity contribution is 4.87. The highest BCUT2D eigenvalue weighted by Gasteiger charge is 2.30. The summed E-state index contributed by atoms with van der Waals surface area (Å²) in [6, 6.07) is 0.632. The van der Waals surface area contributed by atoms with Crippen LogP contribution in [0.1, 0.15) is 32.1 Å². The second-order valence-electron chi connectivity index (χ2n) is 3.93. The van der Waals surface area contributed by atoms with E-state index >= 15 is 0 Å². The smallest absolute Gasteiger partial charge is 0.0555 e. The van der Waals surface area contributed by atoms with Crippen LogP contribution in [0.25, 0.3) is 0 Å². The average molecular weight is 155 g/mol. The standard InChI is InChI=1S/C9H17NO/c11-8-4-3-7-2-1-5-10-9(7)6-8/h7-11H,1-6H2/t7-,8+,9+/m1/s1. The van der Waals surface area contributed by atoms with Crippen molar-refractivity contribution in [1.82, 2.24) is 5.32 Å². The highest BCUT2D eigenvalue weighted by atomic mass is 16.3. The van der Waals surface area contributed by atoms with E-state index in [1.807, 2.05) is 0 Å². The van der Waals surface area contributed by atoms with Crippen molar-refractivity contribution in [1.29, 1.82) is 0 Å². The molecule has 2 nitrogen and oxygen atoms in total. The van der Waals surface area contributed by atoms with E-state index in [0.717, 1.165) is 25.3 Å². The summed E-state index contributed by atoms with van der Waals surface area (Å²) >= 11 is 0. The third-order valence-electron chi connectivity index (χ3n) is 3.12. The Morgan fingerprint density at radius 2 is 2.09 bits per heavy atom. The molecule has 0 aromatic heterocycles. The molecular weight excluding hydrogens is 138 g/mol. The minimum Gasteiger partial charge on any atom is -0.393 e. The fourth-order valence-corrected chi connectivity index (χ4v) is 2.46. The van der Waals surface area contributed by atoms with Crippen LogP contribution in [0.5, 0.6) is 0 Å². The number of aliphatic hydroxyl groups excluding tert-OH is 1. The Balaban J connectivity index is 1.93. The highest BCUT2D eigenvalue weighted by Crippen LogP contribution is 2.30. The summed E-state index contributed by atoms with van der Waals surface area (Å²) in [5.74, 6) is 0.868. The van der Waals surface area contributed by atoms with Gasteiger partial charge in [-0.05, 0) is 44.6 Å². The molecule has 0 spiro atoms. The van der Waals surface area contributed by atoms with Crippen LogP contribution < -0.4 is 5.32 Å². The summed E-state index contributed by atoms with van der Waals surface area (Å²) < 4.78 is 0. The monoisotopic (exact) mass is 155 g/mol. The number of hydrogen-bond acceptors (Lipinski definition) is 2. The van der Waals surface area contributed by atoms with Gasteiger partial charge in [0.25, 0.3) is 0 Å². The first-order chi connectivity index (χ1) is 5.36. The van der Waals surface area contributed by atoms with Gasteiger partial charge in [0, 0.05) is 6.04 Å². The van der Waals surface area contributed by atoms with Crippen LogP contribution in [-0.2, 0) is 0 Å². The zero-order valence-corrected chi connectivity index (χ0v) is 6.92. The Bertz CT molecular complexity index is 138. The third-order valence-corrected chi connectivity index (χ3v) is 3.12. The van der Waals surface area contributed by atoms with Crippen molar-refractivity contribution in [2.24, 2.45) is 5.92 Å². The van der Waals surface area contributed by atoms with E-state index in [2.05, 4.69) is 5.32 Å². The van der Waals surface area contributed by atoms with Gasteiger partial charge < -0.3 is 10.4 Å². The molecule has 1 aliphatic heterocycles. The van der Waals surface area contributed by atoms with Gasteiger partial charge in [0.05, 0.1) is 6.10 Å². The van der Waals surface area contributed by atoms with Gasteiger partial charge >= 0.3 is 0 Å². The maximum atomic E-state index is 9.41. The van der Waals surface area contributed by atoms with E-state index in [-0.39, 0.29) is 6.10 Å². The zero-order valence-electron chi connectivity index (χ0n) is 6.92. The second-order valence-corrected chi connectivity index (χ2v) is 3.93. The predicted octanol–water partition coefficient (Wildman–Crippen LogP) is 0.899. The van der Waals surface area contributed by atoms with Crippen LogP contribution in [-0.4, -0.2) is 23.8 Å². The molecule has 0 unspecified atom stereocenters. The quantitative estimate of drug-likeness (QED) is 0.544. The van der Waals surface area contributed by atoms with Crippen LogP contribution in [0.3, 0.4) is 0 Å². The third kappa shape index (κ3) is 1.57. The van der Waals surface area contributed by atoms with Crippen molar-refractivity contribution in [3.05, 3.63) is 0 Å². The Labute approximate surface area is 68.0 Å². The van der Waals surface area contributed by atoms with Crippen molar-refractivity contribution in [2.75, 3.05) is 6.54 Å². The van der Waals surface area contributed by atoms with E-state index in [1.54, 1.807) is 0 Å². The molecule has 1 saturated carbocycles. The number of hydrogen-bond donors (Lipinski definition) is 2. The molecule has 0 aromatic carbocycles. The topological polar surface area (TPSA) is 32.3 Å². The Hall–Kier alpha value is -0.0800. The SMILES string of the molecule is O[C@H]1CC[C@H]2CCCN[C@H]2C1. The Morgan fingerprint density at radius 1 is 1.18 bits per heavy atom. The van der Waals surface area contributed by atoms with E-state index in [4.69, 9.17) is 0 Å². The molecule has 3 atom stereocenters. The number of fused-ring (bicyclic) bond motifs is 1. The maximum absolute atomic E-state index is 9.41. The van der Waals surface area contributed by atoms with E-state index in [9.17, 15) is 5.11 Å². The summed E-state index contributed by atoms with van der Waals surface area (Å²) in [6.45, 7) is 1.16. The zero-order chi connectivity index (χ0) is 7.68. The second kappa shape index (κ2) is 3.11. The lowest BCUT2D eigenvalue weighted by Gasteiger charge is -2.38. The van der Waals surface area contributed by atoms with Crippen LogP contribution in [0, 0.1) is 5.92 Å². The van der Waals surface area contributed by atoms with Crippen molar-refractivity contribution in [3.63, 3.8) is 0 Å². The molecule has 0 amide bonds. The van der Waals surface area contributed by atoms with Crippen LogP contribution >= 0.6 is 0 Å². The molecular formula is C9H17NO. The average Bonchev–Trinajstić information content (AvgIpc) is 2.04. The Kier molecular flexibility index (Phi) is 2.14. The van der Waals surface area contributed by atoms with Gasteiger partial charge in [0.1, 0.15) is 0 Å². The first-order valence-electron chi connectivity index (χ1n) is 4.78. The largest absolute Gasteiger partial charge is 0.393 e. The van der Waals surface area contributed by atoms with Crippen LogP contribution in [0.4, 0.5) is 0 Å². The fourth-order valence-electron chi connectivity index (χ4n) is 2.46. The number of rotatable bonds is 0. The molecule has 2 fully saturated rings. The van der Waals surface area contributed by atoms with Crippen LogP contribution in [0.15, 0.2) is 0 Å². The van der Waals surface area contributed by atoms with Crippen molar-refractivity contribution in [3.8, 4) is 0 Å². The van der Waals surface area contributed by atoms with Gasteiger partial charge in [-0.15, -0.1) is 0 Å². The molecule has 11 heavy (non-hydrogen) atoms. The molecule has 0 bridgehead atoms. The van der Waals surface area contributed by atoms with E-state index in [1.165, 1.54) is 19.3 Å². The normalized spacial score (nSPS) is 45.0. The van der Waals surface area contributed by atoms with Crippen molar-refractivity contribution in [2.45, 2.75) is 44.2 Å². The van der Waals surface area contributed by atoms with Gasteiger partial charge in [0.2, 0.25) is 0 Å². The lowest BCUT2D eigenvalue weighted by atomic mass is 9.78. The summed E-state index contributed by atoms with van der Waals surface area (Å²) in [4.78, 5) is 0. The molecule has 1 heterocycles. The first-order valence-corrected chi connectivity index (χ1v) is 4.78. The van der Waals surface area contributed by atoms with Gasteiger partial charge in [0.15, 0.2) is 0 Å². The van der Waals surface area contributed by atoms with Gasteiger partial charge in [-0.1, -0.05) is 0 Å². The summed E-state index contributed by atoms with van der Waals surface area (Å²) in [6.07, 6.45) is 5.94. The summed E-state index contributed by atoms with van der Waals surface area (Å²) in [7, 11) is 0.